The van der Waals surface area contributed by atoms with Crippen molar-refractivity contribution in [2.75, 3.05) is 77.8 Å². The number of esters is 1. The highest BCUT2D eigenvalue weighted by Gasteiger charge is 2.55. The van der Waals surface area contributed by atoms with Crippen molar-refractivity contribution < 1.29 is 46.8 Å². The van der Waals surface area contributed by atoms with Crippen molar-refractivity contribution in [3.63, 3.8) is 0 Å². The van der Waals surface area contributed by atoms with E-state index >= 15 is 0 Å². The Labute approximate surface area is 456 Å². The van der Waals surface area contributed by atoms with Crippen LogP contribution in [0.3, 0.4) is 0 Å². The zero-order valence-electron chi connectivity index (χ0n) is 44.6. The van der Waals surface area contributed by atoms with Crippen molar-refractivity contribution in [2.45, 2.75) is 128 Å². The number of methoxy groups -OCH3 is 1. The fraction of sp³-hybridized carbons (Fsp3) is 0.607. The van der Waals surface area contributed by atoms with Gasteiger partial charge in [-0.15, -0.1) is 22.7 Å². The van der Waals surface area contributed by atoms with E-state index in [9.17, 15) is 23.2 Å². The van der Waals surface area contributed by atoms with Crippen LogP contribution < -0.4 is 15.6 Å². The van der Waals surface area contributed by atoms with Crippen molar-refractivity contribution in [1.82, 2.24) is 40.2 Å². The summed E-state index contributed by atoms with van der Waals surface area (Å²) in [5, 5.41) is 9.17. The van der Waals surface area contributed by atoms with Crippen LogP contribution in [0.15, 0.2) is 46.7 Å². The Kier molecular flexibility index (Phi) is 16.1. The Balaban J connectivity index is 1.04. The molecule has 5 fully saturated rings. The molecule has 2 saturated carbocycles. The molecule has 6 aliphatic rings. The molecular formula is C56H71F2N9O8S2. The molecule has 2 amide bonds. The number of ether oxygens (including phenoxy) is 5. The van der Waals surface area contributed by atoms with Crippen molar-refractivity contribution in [2.24, 2.45) is 17.3 Å². The van der Waals surface area contributed by atoms with Crippen LogP contribution in [0.25, 0.3) is 33.4 Å². The maximum atomic E-state index is 15.0. The third-order valence-corrected chi connectivity index (χ3v) is 18.0. The molecule has 17 nitrogen and oxygen atoms in total. The Hall–Kier alpha value is -5.00. The number of hydrazine groups is 1. The highest BCUT2D eigenvalue weighted by atomic mass is 32.1. The van der Waals surface area contributed by atoms with E-state index in [1.807, 2.05) is 36.9 Å². The van der Waals surface area contributed by atoms with E-state index in [0.29, 0.717) is 57.4 Å². The molecule has 77 heavy (non-hydrogen) atoms. The molecular weight excluding hydrogens is 1030 g/mol. The highest BCUT2D eigenvalue weighted by molar-refractivity contribution is 7.10. The Bertz CT molecular complexity index is 2900. The van der Waals surface area contributed by atoms with Gasteiger partial charge in [0.25, 0.3) is 12.3 Å². The van der Waals surface area contributed by atoms with E-state index in [-0.39, 0.29) is 42.2 Å². The second kappa shape index (κ2) is 23.0. The number of nitrogens with zero attached hydrogens (tertiary/aromatic N) is 7. The van der Waals surface area contributed by atoms with Crippen LogP contribution in [-0.4, -0.2) is 151 Å². The van der Waals surface area contributed by atoms with Crippen molar-refractivity contribution in [3.8, 4) is 22.5 Å². The molecule has 4 aliphatic heterocycles. The van der Waals surface area contributed by atoms with Gasteiger partial charge in [-0.2, -0.15) is 0 Å². The summed E-state index contributed by atoms with van der Waals surface area (Å²) in [4.78, 5) is 63.4. The van der Waals surface area contributed by atoms with Crippen LogP contribution in [0.4, 0.5) is 14.5 Å². The first-order valence-corrected chi connectivity index (χ1v) is 29.2. The van der Waals surface area contributed by atoms with Gasteiger partial charge in [0, 0.05) is 116 Å². The first-order chi connectivity index (χ1) is 37.2. The number of anilines is 1. The number of carbonyl (C=O) groups excluding carboxylic acids is 3. The number of alkyl halides is 2. The number of benzene rings is 1. The minimum absolute atomic E-state index is 0.0545. The van der Waals surface area contributed by atoms with Gasteiger partial charge in [0.2, 0.25) is 5.91 Å². The number of carbonyl (C=O) groups is 3. The van der Waals surface area contributed by atoms with E-state index in [1.54, 1.807) is 12.6 Å². The molecule has 414 valence electrons. The van der Waals surface area contributed by atoms with Crippen LogP contribution in [-0.2, 0) is 51.0 Å². The molecule has 2 N–H and O–H groups in total. The van der Waals surface area contributed by atoms with Crippen LogP contribution in [0.1, 0.15) is 106 Å². The average molecular weight is 1100 g/mol. The molecule has 1 aromatic carbocycles. The molecule has 11 rings (SSSR count). The summed E-state index contributed by atoms with van der Waals surface area (Å²) in [5.41, 5.74) is 12.0. The number of aromatic nitrogens is 4. The van der Waals surface area contributed by atoms with Gasteiger partial charge < -0.3 is 38.5 Å². The van der Waals surface area contributed by atoms with Crippen molar-refractivity contribution >= 4 is 57.0 Å². The number of thiazole rings is 2. The molecule has 4 aromatic heterocycles. The molecule has 21 heteroatoms. The number of halogens is 2. The SMILES string of the molecule is CO[C@@H](C)c1ncc(N2CCN(C3CC3)CC2)cc1-c1c2c3cc(ccc3n1CCOC1CCOCC1)-c1csc(n1)[C@@H](OCC(F)F)[C@H](NC(=O)[C@@H]1[C@@H](C)[C@H]1c1cscn1)C(=O)N1CCC[C@H](N1)C(=O)OCC(C)(C)C2. The highest BCUT2D eigenvalue weighted by Crippen LogP contribution is 2.54. The van der Waals surface area contributed by atoms with Crippen LogP contribution in [0.2, 0.25) is 0 Å². The monoisotopic (exact) mass is 1100 g/mol. The summed E-state index contributed by atoms with van der Waals surface area (Å²) in [6.07, 6.45) is 2.87. The van der Waals surface area contributed by atoms with E-state index < -0.39 is 60.3 Å². The summed E-state index contributed by atoms with van der Waals surface area (Å²) >= 11 is 2.61. The predicted molar refractivity (Wildman–Crippen MR) is 289 cm³/mol. The average Bonchev–Trinajstić information content (AvgIpc) is 4.39. The topological polar surface area (TPSA) is 175 Å². The van der Waals surface area contributed by atoms with Gasteiger partial charge in [-0.1, -0.05) is 26.8 Å². The summed E-state index contributed by atoms with van der Waals surface area (Å²) in [7, 11) is 1.70. The Morgan fingerprint density at radius 2 is 1.82 bits per heavy atom. The maximum Gasteiger partial charge on any atom is 0.324 e. The third kappa shape index (κ3) is 11.7. The third-order valence-electron chi connectivity index (χ3n) is 16.4. The standard InChI is InChI=1S/C56H71F2N9O8S2/c1-32-46(43-28-76-31-60-43)47(32)52(68)62-49-51(74-27-45(57)58)53-61-42(29-77-53)34-8-11-44-38(23-34)40(25-56(3,4)30-75-55(70)41-7-6-14-67(63-41)54(49)69)50(66(44)19-22-73-37-12-20-72-21-13-37)39-24-36(26-59-48(39)33(2)71-5)65-17-15-64(16-18-65)35-9-10-35/h8,11,23-24,26,28-29,31-33,35,37,41,45-47,49,51,63H,6-7,9-10,12-22,25,27,30H2,1-5H3,(H,62,68)/t32-,33-,41-,46-,47+,49-,51-/m0/s1. The zero-order chi connectivity index (χ0) is 53.5. The molecule has 5 aromatic rings. The van der Waals surface area contributed by atoms with Gasteiger partial charge >= 0.3 is 5.97 Å². The number of piperazine rings is 1. The largest absolute Gasteiger partial charge is 0.464 e. The lowest BCUT2D eigenvalue weighted by molar-refractivity contribution is -0.157. The zero-order valence-corrected chi connectivity index (χ0v) is 46.2. The number of cyclic esters (lactones) is 1. The number of amides is 2. The van der Waals surface area contributed by atoms with Crippen LogP contribution in [0.5, 0.6) is 0 Å². The summed E-state index contributed by atoms with van der Waals surface area (Å²) in [6, 6.07) is 6.79. The smallest absolute Gasteiger partial charge is 0.324 e. The number of hydrogen-bond donors (Lipinski definition) is 2. The fourth-order valence-electron chi connectivity index (χ4n) is 11.9. The van der Waals surface area contributed by atoms with E-state index in [1.165, 1.54) is 40.5 Å². The number of hydrogen-bond acceptors (Lipinski definition) is 16. The minimum atomic E-state index is -2.88. The number of pyridine rings is 1. The number of nitrogens with one attached hydrogen (secondary N) is 2. The van der Waals surface area contributed by atoms with E-state index in [2.05, 4.69) is 62.1 Å². The Morgan fingerprint density at radius 1 is 1.01 bits per heavy atom. The van der Waals surface area contributed by atoms with Gasteiger partial charge in [-0.05, 0) is 81.5 Å². The second-order valence-electron chi connectivity index (χ2n) is 22.4. The molecule has 7 atom stereocenters. The van der Waals surface area contributed by atoms with Gasteiger partial charge in [-0.3, -0.25) is 29.3 Å². The first kappa shape index (κ1) is 54.0. The lowest BCUT2D eigenvalue weighted by Crippen LogP contribution is -2.61. The lowest BCUT2D eigenvalue weighted by atomic mass is 9.84. The van der Waals surface area contributed by atoms with Gasteiger partial charge in [0.1, 0.15) is 29.8 Å². The number of rotatable bonds is 15. The van der Waals surface area contributed by atoms with E-state index in [4.69, 9.17) is 33.7 Å². The normalized spacial score (nSPS) is 26.0. The Morgan fingerprint density at radius 3 is 2.56 bits per heavy atom. The van der Waals surface area contributed by atoms with Crippen LogP contribution >= 0.6 is 22.7 Å². The molecule has 6 bridgehead atoms. The molecule has 0 unspecified atom stereocenters. The van der Waals surface area contributed by atoms with Crippen molar-refractivity contribution in [3.05, 3.63) is 68.7 Å². The van der Waals surface area contributed by atoms with Gasteiger partial charge in [0.15, 0.2) is 0 Å². The second-order valence-corrected chi connectivity index (χ2v) is 24.0. The quantitative estimate of drug-likeness (QED) is 0.0967. The molecule has 0 radical (unpaired) electrons. The first-order valence-electron chi connectivity index (χ1n) is 27.4. The molecule has 0 spiro atoms. The number of fused-ring (bicyclic) bond motifs is 6. The van der Waals surface area contributed by atoms with Gasteiger partial charge in [0.05, 0.1) is 65.6 Å². The van der Waals surface area contributed by atoms with E-state index in [0.717, 1.165) is 89.4 Å². The molecule has 2 aliphatic carbocycles. The summed E-state index contributed by atoms with van der Waals surface area (Å²) in [6.45, 7) is 13.4. The molecule has 8 heterocycles. The summed E-state index contributed by atoms with van der Waals surface area (Å²) in [5.74, 6) is -2.36. The van der Waals surface area contributed by atoms with Crippen molar-refractivity contribution in [1.29, 1.82) is 0 Å². The minimum Gasteiger partial charge on any atom is -0.464 e. The predicted octanol–water partition coefficient (Wildman–Crippen LogP) is 7.95. The lowest BCUT2D eigenvalue weighted by Gasteiger charge is -2.37. The van der Waals surface area contributed by atoms with Crippen LogP contribution in [0, 0.1) is 17.3 Å². The summed E-state index contributed by atoms with van der Waals surface area (Å²) < 4.78 is 61.5. The fourth-order valence-corrected chi connectivity index (χ4v) is 13.5. The molecule has 3 saturated heterocycles. The van der Waals surface area contributed by atoms with Gasteiger partial charge in [-0.25, -0.2) is 24.2 Å². The maximum absolute atomic E-state index is 15.0.